The quantitative estimate of drug-likeness (QED) is 0.794. The second kappa shape index (κ2) is 3.95. The molecule has 0 bridgehead atoms. The van der Waals surface area contributed by atoms with E-state index < -0.39 is 34.3 Å². The summed E-state index contributed by atoms with van der Waals surface area (Å²) in [5, 5.41) is 8.25. The number of halogens is 4. The molecule has 4 nitrogen and oxygen atoms in total. The molecule has 0 aliphatic carbocycles. The van der Waals surface area contributed by atoms with Crippen molar-refractivity contribution < 1.29 is 27.5 Å². The molecule has 88 valence electrons. The summed E-state index contributed by atoms with van der Waals surface area (Å²) in [6.07, 6.45) is -8.06. The van der Waals surface area contributed by atoms with E-state index in [0.29, 0.717) is 12.1 Å². The van der Waals surface area contributed by atoms with E-state index in [1.165, 1.54) is 0 Å². The lowest BCUT2D eigenvalue weighted by Gasteiger charge is -2.15. The summed E-state index contributed by atoms with van der Waals surface area (Å²) in [6, 6.07) is 1.85. The first-order valence-electron chi connectivity index (χ1n) is 3.91. The van der Waals surface area contributed by atoms with E-state index in [2.05, 4.69) is 0 Å². The zero-order valence-corrected chi connectivity index (χ0v) is 7.53. The van der Waals surface area contributed by atoms with Gasteiger partial charge in [-0.15, -0.1) is 0 Å². The molecule has 1 rings (SSSR count). The number of hydrogen-bond acceptors (Lipinski definition) is 2. The van der Waals surface area contributed by atoms with Crippen molar-refractivity contribution in [2.24, 2.45) is 0 Å². The Labute approximate surface area is 85.7 Å². The van der Waals surface area contributed by atoms with E-state index in [9.17, 15) is 27.2 Å². The number of pyridine rings is 1. The Bertz CT molecular complexity index is 465. The summed E-state index contributed by atoms with van der Waals surface area (Å²) in [6.45, 7) is 0. The molecule has 1 aromatic heterocycles. The van der Waals surface area contributed by atoms with Gasteiger partial charge in [0.25, 0.3) is 11.9 Å². The molecule has 0 amide bonds. The second-order valence-electron chi connectivity index (χ2n) is 2.79. The van der Waals surface area contributed by atoms with E-state index in [4.69, 9.17) is 5.11 Å². The molecular formula is C8H5F4NO3. The topological polar surface area (TPSA) is 59.3 Å². The van der Waals surface area contributed by atoms with Crippen LogP contribution in [-0.2, 0) is 11.0 Å². The second-order valence-corrected chi connectivity index (χ2v) is 2.79. The Hall–Kier alpha value is -1.86. The molecule has 0 radical (unpaired) electrons. The van der Waals surface area contributed by atoms with Crippen molar-refractivity contribution in [3.05, 3.63) is 34.2 Å². The number of nitrogens with zero attached hydrogens (tertiary/aromatic N) is 1. The van der Waals surface area contributed by atoms with Crippen molar-refractivity contribution in [2.75, 3.05) is 0 Å². The van der Waals surface area contributed by atoms with Crippen LogP contribution < -0.4 is 5.56 Å². The molecule has 1 heterocycles. The maximum absolute atomic E-state index is 13.0. The molecule has 0 aromatic carbocycles. The van der Waals surface area contributed by atoms with Gasteiger partial charge in [-0.3, -0.25) is 9.36 Å². The van der Waals surface area contributed by atoms with E-state index in [1.807, 2.05) is 0 Å². The van der Waals surface area contributed by atoms with Crippen molar-refractivity contribution >= 4 is 5.97 Å². The van der Waals surface area contributed by atoms with Crippen LogP contribution >= 0.6 is 0 Å². The fourth-order valence-electron chi connectivity index (χ4n) is 1.08. The molecule has 0 saturated heterocycles. The summed E-state index contributed by atoms with van der Waals surface area (Å²) in [7, 11) is 0. The van der Waals surface area contributed by atoms with Crippen molar-refractivity contribution in [3.8, 4) is 0 Å². The predicted octanol–water partition coefficient (Wildman–Crippen LogP) is 1.42. The van der Waals surface area contributed by atoms with Crippen LogP contribution in [0.15, 0.2) is 23.0 Å². The van der Waals surface area contributed by atoms with E-state index in [-0.39, 0.29) is 0 Å². The summed E-state index contributed by atoms with van der Waals surface area (Å²) < 4.78 is 49.5. The van der Waals surface area contributed by atoms with Gasteiger partial charge >= 0.3 is 12.1 Å². The standard InChI is InChI=1S/C8H5F4NO3/c9-6(7(15)16)13-4(8(10,11)12)2-1-3-5(13)14/h1-3,6H,(H,15,16). The van der Waals surface area contributed by atoms with E-state index >= 15 is 0 Å². The number of hydrogen-bond donors (Lipinski definition) is 1. The van der Waals surface area contributed by atoms with Crippen LogP contribution in [0, 0.1) is 0 Å². The number of rotatable bonds is 2. The minimum Gasteiger partial charge on any atom is -0.478 e. The lowest BCUT2D eigenvalue weighted by Crippen LogP contribution is -2.32. The van der Waals surface area contributed by atoms with Gasteiger partial charge in [0.05, 0.1) is 0 Å². The maximum Gasteiger partial charge on any atom is 0.431 e. The molecule has 0 saturated carbocycles. The molecule has 0 spiro atoms. The van der Waals surface area contributed by atoms with Crippen molar-refractivity contribution in [1.29, 1.82) is 0 Å². The van der Waals surface area contributed by atoms with Crippen molar-refractivity contribution in [1.82, 2.24) is 4.57 Å². The normalized spacial score (nSPS) is 13.5. The summed E-state index contributed by atoms with van der Waals surface area (Å²) in [5.74, 6) is -2.17. The monoisotopic (exact) mass is 239 g/mol. The molecule has 1 aromatic rings. The zero-order valence-electron chi connectivity index (χ0n) is 7.53. The zero-order chi connectivity index (χ0) is 12.5. The Kier molecular flexibility index (Phi) is 3.02. The van der Waals surface area contributed by atoms with Gasteiger partial charge in [0.15, 0.2) is 0 Å². The molecule has 16 heavy (non-hydrogen) atoms. The van der Waals surface area contributed by atoms with E-state index in [0.717, 1.165) is 6.07 Å². The number of aromatic nitrogens is 1. The maximum atomic E-state index is 13.0. The van der Waals surface area contributed by atoms with Gasteiger partial charge in [-0.05, 0) is 6.07 Å². The Morgan fingerprint density at radius 3 is 2.38 bits per heavy atom. The minimum atomic E-state index is -5.00. The van der Waals surface area contributed by atoms with Gasteiger partial charge in [-0.2, -0.15) is 13.2 Å². The molecule has 0 aliphatic rings. The SMILES string of the molecule is O=C(O)C(F)n1c(C(F)(F)F)cccc1=O. The Balaban J connectivity index is 3.47. The Morgan fingerprint density at radius 2 is 1.94 bits per heavy atom. The lowest BCUT2D eigenvalue weighted by molar-refractivity contribution is -0.154. The average molecular weight is 239 g/mol. The molecule has 1 unspecified atom stereocenters. The highest BCUT2D eigenvalue weighted by Crippen LogP contribution is 2.29. The van der Waals surface area contributed by atoms with Gasteiger partial charge in [-0.25, -0.2) is 9.18 Å². The smallest absolute Gasteiger partial charge is 0.431 e. The molecule has 0 aliphatic heterocycles. The van der Waals surface area contributed by atoms with Gasteiger partial charge in [0.1, 0.15) is 5.69 Å². The highest BCUT2D eigenvalue weighted by Gasteiger charge is 2.37. The van der Waals surface area contributed by atoms with Crippen molar-refractivity contribution in [3.63, 3.8) is 0 Å². The molecule has 1 atom stereocenters. The molecule has 0 fully saturated rings. The largest absolute Gasteiger partial charge is 0.478 e. The third-order valence-corrected chi connectivity index (χ3v) is 1.71. The third-order valence-electron chi connectivity index (χ3n) is 1.71. The van der Waals surface area contributed by atoms with Crippen LogP contribution in [0.2, 0.25) is 0 Å². The first kappa shape index (κ1) is 12.2. The summed E-state index contributed by atoms with van der Waals surface area (Å²) in [4.78, 5) is 21.2. The van der Waals surface area contributed by atoms with Crippen LogP contribution in [0.5, 0.6) is 0 Å². The highest BCUT2D eigenvalue weighted by molar-refractivity contribution is 5.70. The molecule has 8 heteroatoms. The predicted molar refractivity (Wildman–Crippen MR) is 43.5 cm³/mol. The Morgan fingerprint density at radius 1 is 1.38 bits per heavy atom. The van der Waals surface area contributed by atoms with Crippen LogP contribution in [-0.4, -0.2) is 15.6 Å². The van der Waals surface area contributed by atoms with Gasteiger partial charge < -0.3 is 5.11 Å². The first-order valence-corrected chi connectivity index (χ1v) is 3.91. The third kappa shape index (κ3) is 2.20. The average Bonchev–Trinajstić information content (AvgIpc) is 2.14. The summed E-state index contributed by atoms with van der Waals surface area (Å²) >= 11 is 0. The van der Waals surface area contributed by atoms with Crippen LogP contribution in [0.3, 0.4) is 0 Å². The van der Waals surface area contributed by atoms with Gasteiger partial charge in [-0.1, -0.05) is 6.07 Å². The first-order chi connectivity index (χ1) is 7.25. The number of aliphatic carboxylic acids is 1. The number of alkyl halides is 4. The van der Waals surface area contributed by atoms with E-state index in [1.54, 1.807) is 0 Å². The van der Waals surface area contributed by atoms with Crippen LogP contribution in [0.1, 0.15) is 12.0 Å². The minimum absolute atomic E-state index is 0.428. The van der Waals surface area contributed by atoms with Crippen LogP contribution in [0.25, 0.3) is 0 Å². The fourth-order valence-corrected chi connectivity index (χ4v) is 1.08. The number of carboxylic acids is 1. The van der Waals surface area contributed by atoms with Gasteiger partial charge in [0.2, 0.25) is 0 Å². The molecule has 1 N–H and O–H groups in total. The lowest BCUT2D eigenvalue weighted by atomic mass is 10.3. The summed E-state index contributed by atoms with van der Waals surface area (Å²) in [5.41, 5.74) is -3.01. The highest BCUT2D eigenvalue weighted by atomic mass is 19.4. The van der Waals surface area contributed by atoms with Crippen LogP contribution in [0.4, 0.5) is 17.6 Å². The molecular weight excluding hydrogens is 234 g/mol. The van der Waals surface area contributed by atoms with Gasteiger partial charge in [0, 0.05) is 6.07 Å². The number of carbonyl (C=O) groups is 1. The van der Waals surface area contributed by atoms with Crippen molar-refractivity contribution in [2.45, 2.75) is 12.5 Å². The fraction of sp³-hybridized carbons (Fsp3) is 0.250. The number of carboxylic acid groups (broad SMARTS) is 1.